The first-order chi connectivity index (χ1) is 8.54. The molecule has 6 heteroatoms. The zero-order chi connectivity index (χ0) is 13.5. The predicted molar refractivity (Wildman–Crippen MR) is 66.6 cm³/mol. The van der Waals surface area contributed by atoms with Crippen LogP contribution < -0.4 is 10.1 Å². The summed E-state index contributed by atoms with van der Waals surface area (Å²) in [6.45, 7) is 4.09. The van der Waals surface area contributed by atoms with E-state index in [0.29, 0.717) is 6.54 Å². The molecule has 0 fully saturated rings. The lowest BCUT2D eigenvalue weighted by atomic mass is 10.2. The van der Waals surface area contributed by atoms with Crippen LogP contribution in [0.2, 0.25) is 0 Å². The van der Waals surface area contributed by atoms with Crippen molar-refractivity contribution in [2.24, 2.45) is 0 Å². The molecule has 0 aromatic heterocycles. The van der Waals surface area contributed by atoms with E-state index >= 15 is 0 Å². The number of nitrogens with one attached hydrogen (secondary N) is 1. The van der Waals surface area contributed by atoms with Crippen LogP contribution in [0.3, 0.4) is 0 Å². The Morgan fingerprint density at radius 3 is 2.83 bits per heavy atom. The number of carbonyl (C=O) groups is 1. The summed E-state index contributed by atoms with van der Waals surface area (Å²) in [6, 6.07) is 4.54. The summed E-state index contributed by atoms with van der Waals surface area (Å²) in [5, 5.41) is 13.4. The van der Waals surface area contributed by atoms with E-state index in [-0.39, 0.29) is 24.0 Å². The molecule has 1 amide bonds. The van der Waals surface area contributed by atoms with Gasteiger partial charge in [-0.05, 0) is 25.0 Å². The molecular weight excluding hydrogens is 236 g/mol. The van der Waals surface area contributed by atoms with Gasteiger partial charge >= 0.3 is 5.69 Å². The summed E-state index contributed by atoms with van der Waals surface area (Å²) in [5.74, 6) is -0.167. The minimum Gasteiger partial charge on any atom is -0.477 e. The van der Waals surface area contributed by atoms with E-state index in [1.807, 2.05) is 6.92 Å². The topological polar surface area (TPSA) is 81.5 Å². The van der Waals surface area contributed by atoms with Crippen LogP contribution >= 0.6 is 0 Å². The highest BCUT2D eigenvalue weighted by Gasteiger charge is 2.15. The number of benzene rings is 1. The zero-order valence-corrected chi connectivity index (χ0v) is 10.4. The molecule has 1 rings (SSSR count). The Hall–Kier alpha value is -2.11. The number of ether oxygens (including phenoxy) is 1. The molecule has 1 N–H and O–H groups in total. The van der Waals surface area contributed by atoms with Crippen molar-refractivity contribution in [3.8, 4) is 5.75 Å². The van der Waals surface area contributed by atoms with Gasteiger partial charge in [0.15, 0.2) is 12.4 Å². The average Bonchev–Trinajstić information content (AvgIpc) is 2.33. The summed E-state index contributed by atoms with van der Waals surface area (Å²) in [7, 11) is 0. The third kappa shape index (κ3) is 4.04. The molecule has 0 atom stereocenters. The highest BCUT2D eigenvalue weighted by molar-refractivity contribution is 5.77. The Kier molecular flexibility index (Phi) is 5.10. The van der Waals surface area contributed by atoms with Crippen molar-refractivity contribution in [2.45, 2.75) is 20.3 Å². The van der Waals surface area contributed by atoms with Crippen molar-refractivity contribution in [1.82, 2.24) is 5.32 Å². The molecule has 0 unspecified atom stereocenters. The average molecular weight is 252 g/mol. The van der Waals surface area contributed by atoms with E-state index in [4.69, 9.17) is 4.74 Å². The first-order valence-electron chi connectivity index (χ1n) is 5.69. The Labute approximate surface area is 105 Å². The van der Waals surface area contributed by atoms with Gasteiger partial charge in [-0.2, -0.15) is 0 Å². The fourth-order valence-corrected chi connectivity index (χ4v) is 1.35. The van der Waals surface area contributed by atoms with Gasteiger partial charge in [0.2, 0.25) is 0 Å². The molecule has 0 aliphatic rings. The van der Waals surface area contributed by atoms with E-state index in [2.05, 4.69) is 5.32 Å². The largest absolute Gasteiger partial charge is 0.477 e. The van der Waals surface area contributed by atoms with Crippen LogP contribution in [-0.2, 0) is 4.79 Å². The van der Waals surface area contributed by atoms with Crippen LogP contribution in [0.15, 0.2) is 18.2 Å². The fraction of sp³-hybridized carbons (Fsp3) is 0.417. The molecular formula is C12H16N2O4. The Morgan fingerprint density at radius 1 is 1.50 bits per heavy atom. The SMILES string of the molecule is CCCNC(=O)COc1cc(C)ccc1[N+](=O)[O-]. The van der Waals surface area contributed by atoms with Gasteiger partial charge in [-0.25, -0.2) is 0 Å². The molecule has 0 radical (unpaired) electrons. The number of carbonyl (C=O) groups excluding carboxylic acids is 1. The molecule has 98 valence electrons. The van der Waals surface area contributed by atoms with Gasteiger partial charge in [0.05, 0.1) is 4.92 Å². The summed E-state index contributed by atoms with van der Waals surface area (Å²) < 4.78 is 5.18. The van der Waals surface area contributed by atoms with E-state index in [1.165, 1.54) is 6.07 Å². The lowest BCUT2D eigenvalue weighted by Gasteiger charge is -2.07. The van der Waals surface area contributed by atoms with Crippen LogP contribution in [0.5, 0.6) is 5.75 Å². The predicted octanol–water partition coefficient (Wildman–Crippen LogP) is 1.81. The highest BCUT2D eigenvalue weighted by Crippen LogP contribution is 2.27. The van der Waals surface area contributed by atoms with Gasteiger partial charge in [0.25, 0.3) is 5.91 Å². The van der Waals surface area contributed by atoms with Crippen molar-refractivity contribution in [1.29, 1.82) is 0 Å². The van der Waals surface area contributed by atoms with Crippen LogP contribution in [0.25, 0.3) is 0 Å². The summed E-state index contributed by atoms with van der Waals surface area (Å²) in [4.78, 5) is 21.6. The van der Waals surface area contributed by atoms with Crippen LogP contribution in [-0.4, -0.2) is 24.0 Å². The summed E-state index contributed by atoms with van der Waals surface area (Å²) in [6.07, 6.45) is 0.830. The Bertz CT molecular complexity index is 446. The minimum atomic E-state index is -0.529. The maximum absolute atomic E-state index is 11.3. The number of nitro benzene ring substituents is 1. The number of hydrogen-bond donors (Lipinski definition) is 1. The Morgan fingerprint density at radius 2 is 2.22 bits per heavy atom. The first-order valence-corrected chi connectivity index (χ1v) is 5.69. The second-order valence-corrected chi connectivity index (χ2v) is 3.87. The molecule has 0 saturated heterocycles. The molecule has 0 spiro atoms. The number of nitrogens with zero attached hydrogens (tertiary/aromatic N) is 1. The number of amides is 1. The van der Waals surface area contributed by atoms with E-state index < -0.39 is 4.92 Å². The van der Waals surface area contributed by atoms with Crippen molar-refractivity contribution in [2.75, 3.05) is 13.2 Å². The van der Waals surface area contributed by atoms with Crippen molar-refractivity contribution >= 4 is 11.6 Å². The first kappa shape index (κ1) is 14.0. The Balaban J connectivity index is 2.68. The van der Waals surface area contributed by atoms with Gasteiger partial charge in [-0.15, -0.1) is 0 Å². The quantitative estimate of drug-likeness (QED) is 0.618. The minimum absolute atomic E-state index is 0.117. The number of nitro groups is 1. The number of rotatable bonds is 6. The second-order valence-electron chi connectivity index (χ2n) is 3.87. The molecule has 1 aromatic rings. The third-order valence-corrected chi connectivity index (χ3v) is 2.24. The monoisotopic (exact) mass is 252 g/mol. The number of aryl methyl sites for hydroxylation is 1. The standard InChI is InChI=1S/C12H16N2O4/c1-3-6-13-12(15)8-18-11-7-9(2)4-5-10(11)14(16)17/h4-5,7H,3,6,8H2,1-2H3,(H,13,15). The van der Waals surface area contributed by atoms with E-state index in [1.54, 1.807) is 19.1 Å². The van der Waals surface area contributed by atoms with Gasteiger partial charge in [0.1, 0.15) is 0 Å². The normalized spacial score (nSPS) is 9.89. The van der Waals surface area contributed by atoms with Gasteiger partial charge in [-0.1, -0.05) is 13.0 Å². The molecule has 18 heavy (non-hydrogen) atoms. The molecule has 6 nitrogen and oxygen atoms in total. The molecule has 0 aliphatic heterocycles. The number of hydrogen-bond acceptors (Lipinski definition) is 4. The zero-order valence-electron chi connectivity index (χ0n) is 10.4. The van der Waals surface area contributed by atoms with Crippen molar-refractivity contribution in [3.05, 3.63) is 33.9 Å². The maximum atomic E-state index is 11.3. The second kappa shape index (κ2) is 6.58. The third-order valence-electron chi connectivity index (χ3n) is 2.24. The fourth-order valence-electron chi connectivity index (χ4n) is 1.35. The van der Waals surface area contributed by atoms with Crippen molar-refractivity contribution < 1.29 is 14.5 Å². The molecule has 0 bridgehead atoms. The van der Waals surface area contributed by atoms with Crippen molar-refractivity contribution in [3.63, 3.8) is 0 Å². The molecule has 0 heterocycles. The van der Waals surface area contributed by atoms with E-state index in [9.17, 15) is 14.9 Å². The van der Waals surface area contributed by atoms with Gasteiger partial charge in [-0.3, -0.25) is 14.9 Å². The van der Waals surface area contributed by atoms with Gasteiger partial charge in [0, 0.05) is 12.6 Å². The van der Waals surface area contributed by atoms with Crippen LogP contribution in [0, 0.1) is 17.0 Å². The van der Waals surface area contributed by atoms with E-state index in [0.717, 1.165) is 12.0 Å². The van der Waals surface area contributed by atoms with Crippen LogP contribution in [0.1, 0.15) is 18.9 Å². The molecule has 0 saturated carbocycles. The van der Waals surface area contributed by atoms with Crippen LogP contribution in [0.4, 0.5) is 5.69 Å². The smallest absolute Gasteiger partial charge is 0.310 e. The van der Waals surface area contributed by atoms with Gasteiger partial charge < -0.3 is 10.1 Å². The summed E-state index contributed by atoms with van der Waals surface area (Å²) in [5.41, 5.74) is 0.702. The lowest BCUT2D eigenvalue weighted by Crippen LogP contribution is -2.29. The summed E-state index contributed by atoms with van der Waals surface area (Å²) >= 11 is 0. The highest BCUT2D eigenvalue weighted by atomic mass is 16.6. The maximum Gasteiger partial charge on any atom is 0.310 e. The molecule has 0 aliphatic carbocycles. The molecule has 1 aromatic carbocycles. The lowest BCUT2D eigenvalue weighted by molar-refractivity contribution is -0.385.